The molecule has 0 unspecified atom stereocenters. The molecule has 0 radical (unpaired) electrons. The molecule has 0 aliphatic rings. The summed E-state index contributed by atoms with van der Waals surface area (Å²) in [7, 11) is 0. The summed E-state index contributed by atoms with van der Waals surface area (Å²) in [4.78, 5) is 0. The van der Waals surface area contributed by atoms with Gasteiger partial charge >= 0.3 is 63.4 Å². The second-order valence-corrected chi connectivity index (χ2v) is 3.26. The molecule has 0 aromatic rings. The minimum absolute atomic E-state index is 0.370. The van der Waals surface area contributed by atoms with Gasteiger partial charge in [-0.25, -0.2) is 0 Å². The van der Waals surface area contributed by atoms with Gasteiger partial charge in [-0.1, -0.05) is 0 Å². The molecule has 0 amide bonds. The van der Waals surface area contributed by atoms with Crippen LogP contribution in [0.1, 0.15) is 27.2 Å². The summed E-state index contributed by atoms with van der Waals surface area (Å²) < 4.78 is 5.00. The molecule has 0 aliphatic carbocycles. The standard InChI is InChI=1S/C6H13O.Ti/c1-4-6(2,3)5-7;/h4-5H2,1-3H3;/q-1;+1. The molecule has 0 aliphatic heterocycles. The van der Waals surface area contributed by atoms with Gasteiger partial charge in [0.25, 0.3) is 0 Å². The summed E-state index contributed by atoms with van der Waals surface area (Å²) in [6.45, 7) is 7.45. The van der Waals surface area contributed by atoms with Gasteiger partial charge in [-0.3, -0.25) is 0 Å². The molecular weight excluding hydrogens is 136 g/mol. The summed E-state index contributed by atoms with van der Waals surface area (Å²) in [5, 5.41) is 0. The molecule has 1 nitrogen and oxygen atoms in total. The van der Waals surface area contributed by atoms with Crippen molar-refractivity contribution in [3.8, 4) is 0 Å². The molecule has 0 saturated carbocycles. The molecule has 0 fully saturated rings. The van der Waals surface area contributed by atoms with Crippen molar-refractivity contribution >= 4 is 0 Å². The topological polar surface area (TPSA) is 9.23 Å². The van der Waals surface area contributed by atoms with E-state index in [1.807, 2.05) is 0 Å². The summed E-state index contributed by atoms with van der Waals surface area (Å²) in [5.74, 6) is 0. The van der Waals surface area contributed by atoms with Crippen LogP contribution in [-0.2, 0) is 24.1 Å². The van der Waals surface area contributed by atoms with Crippen LogP contribution < -0.4 is 0 Å². The summed E-state index contributed by atoms with van der Waals surface area (Å²) >= 11 is 1.75. The molecule has 0 saturated heterocycles. The molecule has 47 valence electrons. The molecule has 0 aromatic heterocycles. The van der Waals surface area contributed by atoms with Crippen LogP contribution in [-0.4, -0.2) is 6.61 Å². The van der Waals surface area contributed by atoms with Crippen LogP contribution in [0.2, 0.25) is 0 Å². The average Bonchev–Trinajstić information content (AvgIpc) is 1.67. The van der Waals surface area contributed by atoms with E-state index in [-0.39, 0.29) is 0 Å². The van der Waals surface area contributed by atoms with E-state index in [1.165, 1.54) is 6.42 Å². The predicted octanol–water partition coefficient (Wildman–Crippen LogP) is 1.90. The molecule has 0 bridgehead atoms. The maximum atomic E-state index is 5.00. The van der Waals surface area contributed by atoms with Gasteiger partial charge in [0.05, 0.1) is 0 Å². The Bertz CT molecular complexity index is 61.5. The van der Waals surface area contributed by atoms with Crippen molar-refractivity contribution in [1.82, 2.24) is 0 Å². The van der Waals surface area contributed by atoms with Crippen molar-refractivity contribution in [2.75, 3.05) is 6.61 Å². The third-order valence-corrected chi connectivity index (χ3v) is 1.65. The van der Waals surface area contributed by atoms with Crippen LogP contribution >= 0.6 is 0 Å². The fraction of sp³-hybridized carbons (Fsp3) is 1.00. The molecular formula is C6H13OTi. The molecule has 0 heterocycles. The van der Waals surface area contributed by atoms with Gasteiger partial charge in [0.15, 0.2) is 0 Å². The first kappa shape index (κ1) is 8.67. The van der Waals surface area contributed by atoms with Crippen molar-refractivity contribution < 1.29 is 24.1 Å². The molecule has 0 N–H and O–H groups in total. The molecule has 8 heavy (non-hydrogen) atoms. The van der Waals surface area contributed by atoms with Gasteiger partial charge in [-0.15, -0.1) is 0 Å². The van der Waals surface area contributed by atoms with Crippen LogP contribution in [0.25, 0.3) is 0 Å². The Hall–Kier alpha value is 0.674. The van der Waals surface area contributed by atoms with E-state index in [1.54, 1.807) is 20.8 Å². The normalized spacial score (nSPS) is 11.8. The van der Waals surface area contributed by atoms with E-state index in [4.69, 9.17) is 3.32 Å². The zero-order chi connectivity index (χ0) is 6.62. The van der Waals surface area contributed by atoms with Crippen molar-refractivity contribution in [2.45, 2.75) is 27.2 Å². The van der Waals surface area contributed by atoms with Gasteiger partial charge in [-0.05, 0) is 0 Å². The number of hydrogen-bond donors (Lipinski definition) is 0. The number of hydrogen-bond acceptors (Lipinski definition) is 1. The van der Waals surface area contributed by atoms with Crippen molar-refractivity contribution in [2.24, 2.45) is 5.41 Å². The maximum absolute atomic E-state index is 5.00. The van der Waals surface area contributed by atoms with Crippen LogP contribution in [0, 0.1) is 5.41 Å². The monoisotopic (exact) mass is 149 g/mol. The first-order chi connectivity index (χ1) is 3.62. The first-order valence-electron chi connectivity index (χ1n) is 2.91. The molecule has 0 spiro atoms. The number of rotatable bonds is 3. The zero-order valence-corrected chi connectivity index (χ0v) is 7.38. The summed E-state index contributed by atoms with van der Waals surface area (Å²) in [6, 6.07) is 0. The average molecular weight is 149 g/mol. The fourth-order valence-electron chi connectivity index (χ4n) is 0.297. The van der Waals surface area contributed by atoms with Gasteiger partial charge < -0.3 is 0 Å². The second kappa shape index (κ2) is 3.65. The third-order valence-electron chi connectivity index (χ3n) is 1.42. The van der Waals surface area contributed by atoms with Gasteiger partial charge in [0.2, 0.25) is 0 Å². The van der Waals surface area contributed by atoms with Crippen molar-refractivity contribution in [3.63, 3.8) is 0 Å². The SMILES string of the molecule is CCC(C)(C)C[O][Ti]. The Morgan fingerprint density at radius 3 is 2.12 bits per heavy atom. The van der Waals surface area contributed by atoms with Crippen LogP contribution in [0.3, 0.4) is 0 Å². The van der Waals surface area contributed by atoms with E-state index in [0.29, 0.717) is 5.41 Å². The van der Waals surface area contributed by atoms with Crippen LogP contribution in [0.5, 0.6) is 0 Å². The Labute approximate surface area is 63.7 Å². The predicted molar refractivity (Wildman–Crippen MR) is 30.0 cm³/mol. The van der Waals surface area contributed by atoms with E-state index >= 15 is 0 Å². The van der Waals surface area contributed by atoms with E-state index in [2.05, 4.69) is 20.8 Å². The Morgan fingerprint density at radius 1 is 1.50 bits per heavy atom. The Balaban J connectivity index is 3.37. The second-order valence-electron chi connectivity index (χ2n) is 2.81. The van der Waals surface area contributed by atoms with Crippen molar-refractivity contribution in [3.05, 3.63) is 0 Å². The van der Waals surface area contributed by atoms with E-state index < -0.39 is 0 Å². The summed E-state index contributed by atoms with van der Waals surface area (Å²) in [5.41, 5.74) is 0.370. The first-order valence-corrected chi connectivity index (χ1v) is 3.54. The van der Waals surface area contributed by atoms with Gasteiger partial charge in [0, 0.05) is 0 Å². The minimum atomic E-state index is 0.370. The fourth-order valence-corrected chi connectivity index (χ4v) is 0.908. The molecule has 2 heteroatoms. The van der Waals surface area contributed by atoms with Gasteiger partial charge in [-0.2, -0.15) is 0 Å². The quantitative estimate of drug-likeness (QED) is 0.557. The van der Waals surface area contributed by atoms with Crippen LogP contribution in [0.15, 0.2) is 0 Å². The van der Waals surface area contributed by atoms with Gasteiger partial charge in [0.1, 0.15) is 0 Å². The zero-order valence-electron chi connectivity index (χ0n) is 5.82. The van der Waals surface area contributed by atoms with Crippen LogP contribution in [0.4, 0.5) is 0 Å². The van der Waals surface area contributed by atoms with Crippen molar-refractivity contribution in [1.29, 1.82) is 0 Å². The summed E-state index contributed by atoms with van der Waals surface area (Å²) in [6.07, 6.45) is 1.18. The van der Waals surface area contributed by atoms with E-state index in [9.17, 15) is 0 Å². The molecule has 0 rings (SSSR count). The Kier molecular flexibility index (Phi) is 3.96. The Morgan fingerprint density at radius 2 is 2.00 bits per heavy atom. The molecule has 0 aromatic carbocycles. The van der Waals surface area contributed by atoms with E-state index in [0.717, 1.165) is 6.61 Å². The molecule has 0 atom stereocenters. The third kappa shape index (κ3) is 3.65.